The first-order valence-corrected chi connectivity index (χ1v) is 7.19. The molecule has 3 rings (SSSR count). The predicted octanol–water partition coefficient (Wildman–Crippen LogP) is 4.16. The van der Waals surface area contributed by atoms with Crippen molar-refractivity contribution in [1.82, 2.24) is 0 Å². The molecule has 0 amide bonds. The molecule has 2 aromatic carbocycles. The standard InChI is InChI=1S/C18H16FNO/c19-18-9-13(11-20)5-6-16(18)12-21-17-8-7-14-3-1-2-4-15(14)10-17/h5-10H,1-4,12H2. The third-order valence-electron chi connectivity index (χ3n) is 3.90. The summed E-state index contributed by atoms with van der Waals surface area (Å²) < 4.78 is 19.5. The number of fused-ring (bicyclic) bond motifs is 1. The largest absolute Gasteiger partial charge is 0.489 e. The van der Waals surface area contributed by atoms with Crippen molar-refractivity contribution >= 4 is 0 Å². The lowest BCUT2D eigenvalue weighted by molar-refractivity contribution is 0.299. The van der Waals surface area contributed by atoms with Crippen molar-refractivity contribution in [1.29, 1.82) is 5.26 Å². The summed E-state index contributed by atoms with van der Waals surface area (Å²) in [6.07, 6.45) is 4.71. The SMILES string of the molecule is N#Cc1ccc(COc2ccc3c(c2)CCCC3)c(F)c1. The molecule has 0 saturated heterocycles. The Balaban J connectivity index is 1.72. The molecule has 1 aliphatic rings. The number of aryl methyl sites for hydroxylation is 2. The first-order chi connectivity index (χ1) is 10.3. The van der Waals surface area contributed by atoms with Gasteiger partial charge in [-0.15, -0.1) is 0 Å². The number of halogens is 1. The summed E-state index contributed by atoms with van der Waals surface area (Å²) >= 11 is 0. The van der Waals surface area contributed by atoms with E-state index in [9.17, 15) is 4.39 Å². The van der Waals surface area contributed by atoms with Crippen LogP contribution in [0.4, 0.5) is 4.39 Å². The zero-order valence-corrected chi connectivity index (χ0v) is 11.7. The lowest BCUT2D eigenvalue weighted by Crippen LogP contribution is -2.04. The summed E-state index contributed by atoms with van der Waals surface area (Å²) in [4.78, 5) is 0. The van der Waals surface area contributed by atoms with E-state index in [1.807, 2.05) is 12.1 Å². The van der Waals surface area contributed by atoms with Gasteiger partial charge in [0.05, 0.1) is 11.6 Å². The number of nitriles is 1. The summed E-state index contributed by atoms with van der Waals surface area (Å²) in [5, 5.41) is 8.73. The number of ether oxygens (including phenoxy) is 1. The topological polar surface area (TPSA) is 33.0 Å². The third-order valence-corrected chi connectivity index (χ3v) is 3.90. The van der Waals surface area contributed by atoms with Crippen molar-refractivity contribution in [3.8, 4) is 11.8 Å². The fourth-order valence-corrected chi connectivity index (χ4v) is 2.69. The molecule has 0 saturated carbocycles. The van der Waals surface area contributed by atoms with Gasteiger partial charge in [-0.05, 0) is 61.1 Å². The molecule has 0 heterocycles. The van der Waals surface area contributed by atoms with Gasteiger partial charge in [-0.2, -0.15) is 5.26 Å². The molecule has 0 unspecified atom stereocenters. The molecule has 0 spiro atoms. The maximum Gasteiger partial charge on any atom is 0.131 e. The first kappa shape index (κ1) is 13.6. The molecule has 2 aromatic rings. The molecule has 0 atom stereocenters. The number of hydrogen-bond acceptors (Lipinski definition) is 2. The highest BCUT2D eigenvalue weighted by Crippen LogP contribution is 2.26. The minimum atomic E-state index is -0.396. The van der Waals surface area contributed by atoms with Crippen LogP contribution in [0, 0.1) is 17.1 Å². The first-order valence-electron chi connectivity index (χ1n) is 7.19. The predicted molar refractivity (Wildman–Crippen MR) is 78.5 cm³/mol. The molecule has 3 heteroatoms. The molecule has 106 valence electrons. The van der Waals surface area contributed by atoms with Crippen molar-refractivity contribution in [2.75, 3.05) is 0 Å². The Kier molecular flexibility index (Phi) is 3.87. The van der Waals surface area contributed by atoms with Gasteiger partial charge >= 0.3 is 0 Å². The van der Waals surface area contributed by atoms with Crippen LogP contribution in [-0.4, -0.2) is 0 Å². The maximum absolute atomic E-state index is 13.8. The monoisotopic (exact) mass is 281 g/mol. The molecule has 0 bridgehead atoms. The molecule has 0 aromatic heterocycles. The van der Waals surface area contributed by atoms with E-state index in [0.717, 1.165) is 18.6 Å². The number of rotatable bonds is 3. The minimum Gasteiger partial charge on any atom is -0.489 e. The summed E-state index contributed by atoms with van der Waals surface area (Å²) in [7, 11) is 0. The van der Waals surface area contributed by atoms with Crippen LogP contribution in [0.1, 0.15) is 35.1 Å². The van der Waals surface area contributed by atoms with Gasteiger partial charge < -0.3 is 4.74 Å². The Bertz CT molecular complexity index is 703. The van der Waals surface area contributed by atoms with Crippen LogP contribution in [-0.2, 0) is 19.4 Å². The zero-order chi connectivity index (χ0) is 14.7. The van der Waals surface area contributed by atoms with Gasteiger partial charge in [-0.25, -0.2) is 4.39 Å². The lowest BCUT2D eigenvalue weighted by atomic mass is 9.92. The Hall–Kier alpha value is -2.34. The molecular formula is C18H16FNO. The lowest BCUT2D eigenvalue weighted by Gasteiger charge is -2.17. The molecule has 1 aliphatic carbocycles. The summed E-state index contributed by atoms with van der Waals surface area (Å²) in [6.45, 7) is 0.177. The second-order valence-electron chi connectivity index (χ2n) is 5.34. The fraction of sp³-hybridized carbons (Fsp3) is 0.278. The van der Waals surface area contributed by atoms with Gasteiger partial charge in [-0.3, -0.25) is 0 Å². The molecule has 0 aliphatic heterocycles. The quantitative estimate of drug-likeness (QED) is 0.846. The van der Waals surface area contributed by atoms with Crippen LogP contribution in [0.25, 0.3) is 0 Å². The average molecular weight is 281 g/mol. The maximum atomic E-state index is 13.8. The van der Waals surface area contributed by atoms with Crippen molar-refractivity contribution in [3.63, 3.8) is 0 Å². The van der Waals surface area contributed by atoms with E-state index in [0.29, 0.717) is 11.1 Å². The summed E-state index contributed by atoms with van der Waals surface area (Å²) in [5.41, 5.74) is 3.54. The van der Waals surface area contributed by atoms with E-state index < -0.39 is 5.82 Å². The van der Waals surface area contributed by atoms with Crippen LogP contribution in [0.15, 0.2) is 36.4 Å². The van der Waals surface area contributed by atoms with E-state index >= 15 is 0 Å². The van der Waals surface area contributed by atoms with Gasteiger partial charge in [0.1, 0.15) is 18.2 Å². The van der Waals surface area contributed by atoms with Gasteiger partial charge in [0, 0.05) is 5.56 Å². The van der Waals surface area contributed by atoms with Crippen LogP contribution in [0.2, 0.25) is 0 Å². The van der Waals surface area contributed by atoms with E-state index in [4.69, 9.17) is 10.00 Å². The van der Waals surface area contributed by atoms with Crippen LogP contribution in [0.5, 0.6) is 5.75 Å². The molecule has 0 radical (unpaired) electrons. The highest BCUT2D eigenvalue weighted by molar-refractivity contribution is 5.37. The van der Waals surface area contributed by atoms with E-state index in [2.05, 4.69) is 12.1 Å². The van der Waals surface area contributed by atoms with Crippen LogP contribution >= 0.6 is 0 Å². The second-order valence-corrected chi connectivity index (χ2v) is 5.34. The van der Waals surface area contributed by atoms with Crippen molar-refractivity contribution in [3.05, 3.63) is 64.5 Å². The highest BCUT2D eigenvalue weighted by atomic mass is 19.1. The van der Waals surface area contributed by atoms with Gasteiger partial charge in [0.25, 0.3) is 0 Å². The third kappa shape index (κ3) is 3.05. The van der Waals surface area contributed by atoms with Crippen molar-refractivity contribution < 1.29 is 9.13 Å². The number of hydrogen-bond donors (Lipinski definition) is 0. The zero-order valence-electron chi connectivity index (χ0n) is 11.7. The van der Waals surface area contributed by atoms with E-state index in [-0.39, 0.29) is 6.61 Å². The van der Waals surface area contributed by atoms with Gasteiger partial charge in [-0.1, -0.05) is 12.1 Å². The minimum absolute atomic E-state index is 0.177. The molecule has 21 heavy (non-hydrogen) atoms. The Labute approximate surface area is 123 Å². The van der Waals surface area contributed by atoms with E-state index in [1.165, 1.54) is 30.0 Å². The summed E-state index contributed by atoms with van der Waals surface area (Å²) in [6, 6.07) is 12.5. The highest BCUT2D eigenvalue weighted by Gasteiger charge is 2.10. The molecule has 0 fully saturated rings. The summed E-state index contributed by atoms with van der Waals surface area (Å²) in [5.74, 6) is 0.381. The van der Waals surface area contributed by atoms with Crippen LogP contribution in [0.3, 0.4) is 0 Å². The van der Waals surface area contributed by atoms with Crippen LogP contribution < -0.4 is 4.74 Å². The molecular weight excluding hydrogens is 265 g/mol. The van der Waals surface area contributed by atoms with Crippen molar-refractivity contribution in [2.45, 2.75) is 32.3 Å². The van der Waals surface area contributed by atoms with Crippen molar-refractivity contribution in [2.24, 2.45) is 0 Å². The Morgan fingerprint density at radius 2 is 1.86 bits per heavy atom. The smallest absolute Gasteiger partial charge is 0.131 e. The second kappa shape index (κ2) is 5.97. The average Bonchev–Trinajstić information content (AvgIpc) is 2.53. The fourth-order valence-electron chi connectivity index (χ4n) is 2.69. The number of nitrogens with zero attached hydrogens (tertiary/aromatic N) is 1. The molecule has 0 N–H and O–H groups in total. The Morgan fingerprint density at radius 3 is 2.62 bits per heavy atom. The Morgan fingerprint density at radius 1 is 1.05 bits per heavy atom. The van der Waals surface area contributed by atoms with Gasteiger partial charge in [0.2, 0.25) is 0 Å². The van der Waals surface area contributed by atoms with E-state index in [1.54, 1.807) is 12.1 Å². The normalized spacial score (nSPS) is 13.3. The van der Waals surface area contributed by atoms with Gasteiger partial charge in [0.15, 0.2) is 0 Å². The number of benzene rings is 2. The molecule has 2 nitrogen and oxygen atoms in total.